The number of hydrogen-bond acceptors (Lipinski definition) is 6. The van der Waals surface area contributed by atoms with E-state index in [1.54, 1.807) is 6.07 Å². The van der Waals surface area contributed by atoms with Gasteiger partial charge in [0.2, 0.25) is 0 Å². The fraction of sp³-hybridized carbons (Fsp3) is 0.294. The standard InChI is InChI=1S/C17H18N6O2/c24-23(25)15-4-5-16(18-11-15)21-9-7-20(8-10-21)12-14-13-22-6-2-1-3-17(22)19-14/h1-6,11,13H,7-10,12H2. The topological polar surface area (TPSA) is 79.8 Å². The molecule has 0 atom stereocenters. The van der Waals surface area contributed by atoms with Gasteiger partial charge >= 0.3 is 0 Å². The second-order valence-corrected chi connectivity index (χ2v) is 6.09. The molecule has 1 saturated heterocycles. The van der Waals surface area contributed by atoms with Crippen molar-refractivity contribution in [3.63, 3.8) is 0 Å². The number of anilines is 1. The third-order valence-electron chi connectivity index (χ3n) is 4.44. The van der Waals surface area contributed by atoms with Gasteiger partial charge in [-0.1, -0.05) is 6.07 Å². The van der Waals surface area contributed by atoms with Crippen LogP contribution < -0.4 is 4.90 Å². The van der Waals surface area contributed by atoms with Gasteiger partial charge < -0.3 is 9.30 Å². The molecule has 128 valence electrons. The zero-order chi connectivity index (χ0) is 17.2. The maximum Gasteiger partial charge on any atom is 0.287 e. The summed E-state index contributed by atoms with van der Waals surface area (Å²) in [6, 6.07) is 9.21. The molecule has 3 aromatic rings. The van der Waals surface area contributed by atoms with Crippen molar-refractivity contribution >= 4 is 17.2 Å². The molecule has 8 heteroatoms. The summed E-state index contributed by atoms with van der Waals surface area (Å²) in [5, 5.41) is 10.7. The number of rotatable bonds is 4. The van der Waals surface area contributed by atoms with Crippen molar-refractivity contribution in [1.82, 2.24) is 19.3 Å². The minimum atomic E-state index is -0.427. The molecule has 0 spiro atoms. The quantitative estimate of drug-likeness (QED) is 0.534. The molecule has 0 saturated carbocycles. The fourth-order valence-electron chi connectivity index (χ4n) is 3.10. The molecule has 3 aromatic heterocycles. The van der Waals surface area contributed by atoms with Crippen molar-refractivity contribution in [3.8, 4) is 0 Å². The number of pyridine rings is 2. The Morgan fingerprint density at radius 2 is 1.96 bits per heavy atom. The lowest BCUT2D eigenvalue weighted by molar-refractivity contribution is -0.385. The number of piperazine rings is 1. The van der Waals surface area contributed by atoms with Crippen molar-refractivity contribution in [2.45, 2.75) is 6.54 Å². The Balaban J connectivity index is 1.37. The molecule has 0 amide bonds. The molecule has 1 fully saturated rings. The van der Waals surface area contributed by atoms with Crippen molar-refractivity contribution < 1.29 is 4.92 Å². The van der Waals surface area contributed by atoms with Crippen LogP contribution >= 0.6 is 0 Å². The van der Waals surface area contributed by atoms with Crippen LogP contribution in [0.25, 0.3) is 5.65 Å². The Morgan fingerprint density at radius 3 is 2.64 bits per heavy atom. The lowest BCUT2D eigenvalue weighted by atomic mass is 10.3. The molecule has 4 rings (SSSR count). The first-order valence-corrected chi connectivity index (χ1v) is 8.19. The van der Waals surface area contributed by atoms with E-state index in [0.717, 1.165) is 49.9 Å². The zero-order valence-electron chi connectivity index (χ0n) is 13.7. The van der Waals surface area contributed by atoms with E-state index in [1.165, 1.54) is 12.3 Å². The van der Waals surface area contributed by atoms with E-state index in [-0.39, 0.29) is 5.69 Å². The average Bonchev–Trinajstić information content (AvgIpc) is 3.05. The van der Waals surface area contributed by atoms with E-state index < -0.39 is 4.92 Å². The molecule has 4 heterocycles. The Labute approximate surface area is 144 Å². The van der Waals surface area contributed by atoms with Crippen molar-refractivity contribution in [2.75, 3.05) is 31.1 Å². The first-order valence-electron chi connectivity index (χ1n) is 8.19. The van der Waals surface area contributed by atoms with Crippen LogP contribution in [0.2, 0.25) is 0 Å². The number of nitrogens with zero attached hydrogens (tertiary/aromatic N) is 6. The molecule has 25 heavy (non-hydrogen) atoms. The van der Waals surface area contributed by atoms with Crippen molar-refractivity contribution in [3.05, 3.63) is 64.7 Å². The molecule has 0 N–H and O–H groups in total. The lowest BCUT2D eigenvalue weighted by Crippen LogP contribution is -2.46. The summed E-state index contributed by atoms with van der Waals surface area (Å²) in [7, 11) is 0. The lowest BCUT2D eigenvalue weighted by Gasteiger charge is -2.34. The van der Waals surface area contributed by atoms with Gasteiger partial charge in [0.05, 0.1) is 10.6 Å². The normalized spacial score (nSPS) is 15.6. The highest BCUT2D eigenvalue weighted by Crippen LogP contribution is 2.18. The van der Waals surface area contributed by atoms with Gasteiger partial charge in [0.1, 0.15) is 17.7 Å². The molecular formula is C17H18N6O2. The van der Waals surface area contributed by atoms with Crippen LogP contribution in [-0.2, 0) is 6.54 Å². The maximum atomic E-state index is 10.7. The molecule has 0 aromatic carbocycles. The summed E-state index contributed by atoms with van der Waals surface area (Å²) in [6.45, 7) is 4.33. The SMILES string of the molecule is O=[N+]([O-])c1ccc(N2CCN(Cc3cn4ccccc4n3)CC2)nc1. The van der Waals surface area contributed by atoms with Gasteiger partial charge in [-0.05, 0) is 18.2 Å². The van der Waals surface area contributed by atoms with Crippen LogP contribution in [0.5, 0.6) is 0 Å². The molecule has 0 unspecified atom stereocenters. The summed E-state index contributed by atoms with van der Waals surface area (Å²) in [5.74, 6) is 0.790. The highest BCUT2D eigenvalue weighted by Gasteiger charge is 2.19. The van der Waals surface area contributed by atoms with E-state index in [1.807, 2.05) is 28.8 Å². The predicted octanol–water partition coefficient (Wildman–Crippen LogP) is 1.96. The van der Waals surface area contributed by atoms with Crippen LogP contribution in [0.15, 0.2) is 48.9 Å². The minimum absolute atomic E-state index is 0.0224. The summed E-state index contributed by atoms with van der Waals surface area (Å²) in [5.41, 5.74) is 2.05. The Hall–Kier alpha value is -3.00. The van der Waals surface area contributed by atoms with Gasteiger partial charge in [0.15, 0.2) is 0 Å². The van der Waals surface area contributed by atoms with E-state index in [4.69, 9.17) is 0 Å². The van der Waals surface area contributed by atoms with Gasteiger partial charge in [0.25, 0.3) is 5.69 Å². The maximum absolute atomic E-state index is 10.7. The number of fused-ring (bicyclic) bond motifs is 1. The minimum Gasteiger partial charge on any atom is -0.354 e. The van der Waals surface area contributed by atoms with E-state index in [2.05, 4.69) is 26.0 Å². The van der Waals surface area contributed by atoms with Crippen LogP contribution in [0.4, 0.5) is 11.5 Å². The second-order valence-electron chi connectivity index (χ2n) is 6.09. The van der Waals surface area contributed by atoms with Crippen LogP contribution in [0.1, 0.15) is 5.69 Å². The smallest absolute Gasteiger partial charge is 0.287 e. The number of imidazole rings is 1. The second kappa shape index (κ2) is 6.48. The Kier molecular flexibility index (Phi) is 4.02. The summed E-state index contributed by atoms with van der Waals surface area (Å²) in [4.78, 5) is 23.7. The summed E-state index contributed by atoms with van der Waals surface area (Å²) >= 11 is 0. The van der Waals surface area contributed by atoms with E-state index in [0.29, 0.717) is 0 Å². The number of hydrogen-bond donors (Lipinski definition) is 0. The highest BCUT2D eigenvalue weighted by molar-refractivity contribution is 5.43. The van der Waals surface area contributed by atoms with E-state index >= 15 is 0 Å². The highest BCUT2D eigenvalue weighted by atomic mass is 16.6. The molecule has 8 nitrogen and oxygen atoms in total. The molecule has 0 radical (unpaired) electrons. The molecule has 0 aliphatic carbocycles. The predicted molar refractivity (Wildman–Crippen MR) is 93.6 cm³/mol. The van der Waals surface area contributed by atoms with E-state index in [9.17, 15) is 10.1 Å². The summed E-state index contributed by atoms with van der Waals surface area (Å²) in [6.07, 6.45) is 5.39. The molecule has 1 aliphatic heterocycles. The zero-order valence-corrected chi connectivity index (χ0v) is 13.7. The number of aromatic nitrogens is 3. The average molecular weight is 338 g/mol. The summed E-state index contributed by atoms with van der Waals surface area (Å²) < 4.78 is 2.03. The van der Waals surface area contributed by atoms with Gasteiger partial charge in [0, 0.05) is 51.2 Å². The Morgan fingerprint density at radius 1 is 1.12 bits per heavy atom. The van der Waals surface area contributed by atoms with Crippen LogP contribution in [-0.4, -0.2) is 50.4 Å². The van der Waals surface area contributed by atoms with Crippen LogP contribution in [0.3, 0.4) is 0 Å². The van der Waals surface area contributed by atoms with Gasteiger partial charge in [-0.15, -0.1) is 0 Å². The first kappa shape index (κ1) is 15.5. The monoisotopic (exact) mass is 338 g/mol. The molecule has 1 aliphatic rings. The largest absolute Gasteiger partial charge is 0.354 e. The van der Waals surface area contributed by atoms with Gasteiger partial charge in [-0.25, -0.2) is 9.97 Å². The Bertz CT molecular complexity index is 851. The first-order chi connectivity index (χ1) is 12.2. The third kappa shape index (κ3) is 3.29. The van der Waals surface area contributed by atoms with Crippen molar-refractivity contribution in [2.24, 2.45) is 0 Å². The van der Waals surface area contributed by atoms with Gasteiger partial charge in [-0.3, -0.25) is 15.0 Å². The fourth-order valence-corrected chi connectivity index (χ4v) is 3.10. The van der Waals surface area contributed by atoms with Crippen LogP contribution in [0, 0.1) is 10.1 Å². The molecule has 0 bridgehead atoms. The third-order valence-corrected chi connectivity index (χ3v) is 4.44. The van der Waals surface area contributed by atoms with Gasteiger partial charge in [-0.2, -0.15) is 0 Å². The number of nitro groups is 1. The molecular weight excluding hydrogens is 320 g/mol. The van der Waals surface area contributed by atoms with Crippen molar-refractivity contribution in [1.29, 1.82) is 0 Å².